The predicted octanol–water partition coefficient (Wildman–Crippen LogP) is 0.816. The third-order valence-electron chi connectivity index (χ3n) is 5.62. The van der Waals surface area contributed by atoms with Crippen molar-refractivity contribution in [2.75, 3.05) is 7.05 Å². The Morgan fingerprint density at radius 1 is 1.31 bits per heavy atom. The van der Waals surface area contributed by atoms with Crippen LogP contribution >= 0.6 is 0 Å². The van der Waals surface area contributed by atoms with Gasteiger partial charge in [0.1, 0.15) is 18.2 Å². The van der Waals surface area contributed by atoms with Crippen LogP contribution in [0.15, 0.2) is 29.2 Å². The second-order valence-electron chi connectivity index (χ2n) is 8.14. The first-order chi connectivity index (χ1) is 13.5. The van der Waals surface area contributed by atoms with Crippen molar-refractivity contribution in [3.8, 4) is 0 Å². The molecule has 1 unspecified atom stereocenters. The highest BCUT2D eigenvalue weighted by atomic mass is 32.2. The van der Waals surface area contributed by atoms with Crippen molar-refractivity contribution >= 4 is 27.7 Å². The minimum absolute atomic E-state index is 0.0480. The summed E-state index contributed by atoms with van der Waals surface area (Å²) in [5.74, 6) is -1.28. The van der Waals surface area contributed by atoms with Crippen molar-refractivity contribution in [1.29, 1.82) is 0 Å². The van der Waals surface area contributed by atoms with Crippen LogP contribution in [0, 0.1) is 12.8 Å². The fourth-order valence-electron chi connectivity index (χ4n) is 3.62. The number of hydrogen-bond acceptors (Lipinski definition) is 5. The Bertz CT molecular complexity index is 1120. The smallest absolute Gasteiger partial charge is 0.268 e. The molecule has 154 valence electrons. The summed E-state index contributed by atoms with van der Waals surface area (Å²) in [6, 6.07) is 1.36. The number of carbonyl (C=O) groups is 2. The molecule has 4 rings (SSSR count). The van der Waals surface area contributed by atoms with Gasteiger partial charge in [-0.3, -0.25) is 4.68 Å². The van der Waals surface area contributed by atoms with Crippen LogP contribution in [0.5, 0.6) is 0 Å². The fraction of sp³-hybridized carbons (Fsp3) is 0.474. The maximum atomic E-state index is 13.1. The number of carbonyl (C=O) groups excluding carboxylic acids is 2. The van der Waals surface area contributed by atoms with Gasteiger partial charge in [0.25, 0.3) is 0 Å². The lowest BCUT2D eigenvalue weighted by Crippen LogP contribution is -2.53. The van der Waals surface area contributed by atoms with Gasteiger partial charge < -0.3 is 0 Å². The zero-order valence-corrected chi connectivity index (χ0v) is 17.7. The lowest BCUT2D eigenvalue weighted by Gasteiger charge is -2.26. The van der Waals surface area contributed by atoms with Gasteiger partial charge in [-0.1, -0.05) is 0 Å². The molecular formula is C19H24N5O4S+. The highest BCUT2D eigenvalue weighted by Gasteiger charge is 2.48. The quantitative estimate of drug-likeness (QED) is 0.713. The number of imide groups is 1. The van der Waals surface area contributed by atoms with E-state index in [2.05, 4.69) is 9.82 Å². The lowest BCUT2D eigenvalue weighted by atomic mass is 9.94. The Balaban J connectivity index is 1.67. The largest absolute Gasteiger partial charge is 0.501 e. The normalized spacial score (nSPS) is 23.4. The molecule has 10 heteroatoms. The van der Waals surface area contributed by atoms with Gasteiger partial charge in [-0.25, -0.2) is 17.9 Å². The topological polar surface area (TPSA) is 104 Å². The van der Waals surface area contributed by atoms with Crippen LogP contribution in [-0.2, 0) is 28.4 Å². The van der Waals surface area contributed by atoms with Crippen molar-refractivity contribution in [2.24, 2.45) is 13.0 Å². The summed E-state index contributed by atoms with van der Waals surface area (Å²) in [6.07, 6.45) is 5.99. The Kier molecular flexibility index (Phi) is 4.39. The standard InChI is InChI=1S/C19H24N5O4S/c1-12-9-13(23(4)20-12)11-24-17(25)15-10-14(5-6-16(15)22(3)18(24)26)29(27,28)21-19(2)7-8-19/h5-6,9-10,15,21H,7-8,11H2,1-4H3/q+1. The zero-order chi connectivity index (χ0) is 21.1. The van der Waals surface area contributed by atoms with Gasteiger partial charge in [0, 0.05) is 12.6 Å². The van der Waals surface area contributed by atoms with Gasteiger partial charge in [-0.05, 0) is 51.0 Å². The van der Waals surface area contributed by atoms with Crippen molar-refractivity contribution in [3.63, 3.8) is 0 Å². The Morgan fingerprint density at radius 3 is 2.59 bits per heavy atom. The average Bonchev–Trinajstić information content (AvgIpc) is 3.27. The molecule has 9 nitrogen and oxygen atoms in total. The van der Waals surface area contributed by atoms with E-state index >= 15 is 0 Å². The molecule has 2 heterocycles. The number of fused-ring (bicyclic) bond motifs is 1. The van der Waals surface area contributed by atoms with Gasteiger partial charge in [-0.15, -0.1) is 0 Å². The fourth-order valence-corrected chi connectivity index (χ4v) is 5.15. The molecule has 1 aliphatic heterocycles. The summed E-state index contributed by atoms with van der Waals surface area (Å²) in [5.41, 5.74) is 1.56. The number of urea groups is 1. The second kappa shape index (κ2) is 6.46. The van der Waals surface area contributed by atoms with Crippen LogP contribution < -0.4 is 4.72 Å². The molecule has 1 aromatic rings. The Hall–Kier alpha value is -2.59. The van der Waals surface area contributed by atoms with E-state index in [1.54, 1.807) is 18.8 Å². The maximum absolute atomic E-state index is 13.1. The molecule has 2 aliphatic carbocycles. The number of hydrogen-bond donors (Lipinski definition) is 1. The van der Waals surface area contributed by atoms with E-state index in [1.165, 1.54) is 22.8 Å². The van der Waals surface area contributed by atoms with Gasteiger partial charge in [0.15, 0.2) is 0 Å². The van der Waals surface area contributed by atoms with Crippen LogP contribution in [0.2, 0.25) is 0 Å². The number of nitrogens with zero attached hydrogens (tertiary/aromatic N) is 4. The maximum Gasteiger partial charge on any atom is 0.501 e. The molecule has 1 atom stereocenters. The monoisotopic (exact) mass is 418 g/mol. The van der Waals surface area contributed by atoms with Crippen LogP contribution in [0.3, 0.4) is 0 Å². The Morgan fingerprint density at radius 2 is 2.00 bits per heavy atom. The molecule has 1 fully saturated rings. The van der Waals surface area contributed by atoms with Crippen LogP contribution in [-0.4, -0.2) is 57.9 Å². The first-order valence-electron chi connectivity index (χ1n) is 9.40. The van der Waals surface area contributed by atoms with E-state index in [1.807, 2.05) is 19.9 Å². The van der Waals surface area contributed by atoms with Gasteiger partial charge in [-0.2, -0.15) is 19.4 Å². The molecule has 3 aliphatic rings. The Labute approximate surface area is 169 Å². The SMILES string of the molecule is Cc1cc(CN2C(=O)C3C=C(S(=O)(=O)NC4(C)CC4)C=CC3=[N+](C)C2=O)n(C)n1. The van der Waals surface area contributed by atoms with Gasteiger partial charge in [0.2, 0.25) is 10.0 Å². The molecule has 29 heavy (non-hydrogen) atoms. The number of sulfonamides is 1. The summed E-state index contributed by atoms with van der Waals surface area (Å²) in [4.78, 5) is 27.1. The van der Waals surface area contributed by atoms with Gasteiger partial charge >= 0.3 is 11.9 Å². The predicted molar refractivity (Wildman–Crippen MR) is 105 cm³/mol. The van der Waals surface area contributed by atoms with Crippen molar-refractivity contribution in [3.05, 3.63) is 40.6 Å². The van der Waals surface area contributed by atoms with Gasteiger partial charge in [0.05, 0.1) is 23.3 Å². The lowest BCUT2D eigenvalue weighted by molar-refractivity contribution is -0.406. The zero-order valence-electron chi connectivity index (χ0n) is 16.8. The third kappa shape index (κ3) is 3.46. The number of aryl methyl sites for hydroxylation is 2. The summed E-state index contributed by atoms with van der Waals surface area (Å²) in [6.45, 7) is 3.75. The van der Waals surface area contributed by atoms with E-state index in [4.69, 9.17) is 0 Å². The summed E-state index contributed by atoms with van der Waals surface area (Å²) in [5, 5.41) is 4.25. The number of nitrogens with one attached hydrogen (secondary N) is 1. The van der Waals surface area contributed by atoms with E-state index < -0.39 is 33.4 Å². The first kappa shape index (κ1) is 19.7. The molecule has 1 N–H and O–H groups in total. The molecule has 0 spiro atoms. The molecule has 3 amide bonds. The van der Waals surface area contributed by atoms with E-state index in [9.17, 15) is 18.0 Å². The summed E-state index contributed by atoms with van der Waals surface area (Å²) >= 11 is 0. The molecular weight excluding hydrogens is 394 g/mol. The van der Waals surface area contributed by atoms with E-state index in [0.717, 1.165) is 23.4 Å². The number of aromatic nitrogens is 2. The highest BCUT2D eigenvalue weighted by molar-refractivity contribution is 7.93. The molecule has 0 saturated heterocycles. The summed E-state index contributed by atoms with van der Waals surface area (Å²) < 4.78 is 31.2. The minimum Gasteiger partial charge on any atom is -0.268 e. The van der Waals surface area contributed by atoms with Crippen LogP contribution in [0.4, 0.5) is 4.79 Å². The van der Waals surface area contributed by atoms with Crippen molar-refractivity contribution in [1.82, 2.24) is 19.4 Å². The molecule has 1 aromatic heterocycles. The minimum atomic E-state index is -3.74. The molecule has 0 bridgehead atoms. The number of amides is 3. The van der Waals surface area contributed by atoms with Crippen LogP contribution in [0.1, 0.15) is 31.2 Å². The second-order valence-corrected chi connectivity index (χ2v) is 9.82. The van der Waals surface area contributed by atoms with Crippen molar-refractivity contribution in [2.45, 2.75) is 38.8 Å². The van der Waals surface area contributed by atoms with Crippen molar-refractivity contribution < 1.29 is 22.6 Å². The number of rotatable bonds is 5. The highest BCUT2D eigenvalue weighted by Crippen LogP contribution is 2.36. The summed E-state index contributed by atoms with van der Waals surface area (Å²) in [7, 11) is -0.407. The molecule has 0 radical (unpaired) electrons. The third-order valence-corrected chi connectivity index (χ3v) is 7.27. The average molecular weight is 418 g/mol. The first-order valence-corrected chi connectivity index (χ1v) is 10.9. The van der Waals surface area contributed by atoms with E-state index in [-0.39, 0.29) is 11.4 Å². The number of allylic oxidation sites excluding steroid dienone is 2. The van der Waals surface area contributed by atoms with E-state index in [0.29, 0.717) is 11.4 Å². The van der Waals surface area contributed by atoms with Crippen LogP contribution in [0.25, 0.3) is 0 Å². The molecule has 0 aromatic carbocycles. The molecule has 1 saturated carbocycles.